The van der Waals surface area contributed by atoms with Crippen LogP contribution in [0.2, 0.25) is 0 Å². The fourth-order valence-electron chi connectivity index (χ4n) is 2.86. The lowest BCUT2D eigenvalue weighted by atomic mass is 10.1. The van der Waals surface area contributed by atoms with Gasteiger partial charge in [0.15, 0.2) is 0 Å². The topological polar surface area (TPSA) is 39.2 Å². The maximum Gasteiger partial charge on any atom is 0.310 e. The molecule has 2 unspecified atom stereocenters. The van der Waals surface area contributed by atoms with Gasteiger partial charge in [-0.25, -0.2) is 0 Å². The van der Waals surface area contributed by atoms with Crippen LogP contribution in [0.5, 0.6) is 0 Å². The third kappa shape index (κ3) is 3.93. The summed E-state index contributed by atoms with van der Waals surface area (Å²) < 4.78 is 5.44. The average Bonchev–Trinajstić information content (AvgIpc) is 2.96. The van der Waals surface area contributed by atoms with Crippen molar-refractivity contribution in [2.45, 2.75) is 40.5 Å². The molecule has 0 spiro atoms. The summed E-state index contributed by atoms with van der Waals surface area (Å²) in [5, 5.41) is 0. The molecule has 0 radical (unpaired) electrons. The van der Waals surface area contributed by atoms with Crippen molar-refractivity contribution in [1.82, 2.24) is 4.98 Å². The van der Waals surface area contributed by atoms with Crippen LogP contribution in [-0.2, 0) is 16.0 Å². The fourth-order valence-corrected chi connectivity index (χ4v) is 2.86. The second-order valence-corrected chi connectivity index (χ2v) is 6.66. The zero-order valence-electron chi connectivity index (χ0n) is 13.4. The molecule has 1 aliphatic rings. The zero-order chi connectivity index (χ0) is 15.5. The van der Waals surface area contributed by atoms with Gasteiger partial charge in [-0.15, -0.1) is 0 Å². The Morgan fingerprint density at radius 1 is 1.38 bits per heavy atom. The van der Waals surface area contributed by atoms with E-state index in [1.165, 1.54) is 5.57 Å². The Bertz CT molecular complexity index is 515. The number of rotatable bonds is 6. The number of ether oxygens (including phenoxy) is 1. The summed E-state index contributed by atoms with van der Waals surface area (Å²) in [7, 11) is 0. The Balaban J connectivity index is 1.74. The van der Waals surface area contributed by atoms with Crippen molar-refractivity contribution in [3.05, 3.63) is 41.7 Å². The SMILES string of the molecule is CC(C)=CC1C(C(=O)OCCCc2ccccn2)C1(C)C. The van der Waals surface area contributed by atoms with Gasteiger partial charge in [-0.1, -0.05) is 31.6 Å². The minimum Gasteiger partial charge on any atom is -0.465 e. The van der Waals surface area contributed by atoms with Gasteiger partial charge < -0.3 is 4.74 Å². The molecule has 3 heteroatoms. The number of allylic oxidation sites excluding steroid dienone is 2. The number of nitrogens with zero attached hydrogens (tertiary/aromatic N) is 1. The Morgan fingerprint density at radius 2 is 2.14 bits per heavy atom. The summed E-state index contributed by atoms with van der Waals surface area (Å²) in [5.74, 6) is 0.288. The number of aryl methyl sites for hydroxylation is 1. The van der Waals surface area contributed by atoms with E-state index < -0.39 is 0 Å². The summed E-state index contributed by atoms with van der Waals surface area (Å²) in [6.07, 6.45) is 5.65. The van der Waals surface area contributed by atoms with Crippen molar-refractivity contribution in [3.63, 3.8) is 0 Å². The first kappa shape index (κ1) is 15.7. The van der Waals surface area contributed by atoms with Crippen LogP contribution < -0.4 is 0 Å². The Morgan fingerprint density at radius 3 is 2.76 bits per heavy atom. The molecule has 3 nitrogen and oxygen atoms in total. The normalized spacial score (nSPS) is 22.5. The van der Waals surface area contributed by atoms with E-state index in [2.05, 4.69) is 38.8 Å². The summed E-state index contributed by atoms with van der Waals surface area (Å²) in [5.41, 5.74) is 2.34. The van der Waals surface area contributed by atoms with E-state index >= 15 is 0 Å². The molecule has 1 saturated carbocycles. The number of hydrogen-bond acceptors (Lipinski definition) is 3. The highest BCUT2D eigenvalue weighted by Crippen LogP contribution is 2.59. The molecular formula is C18H25NO2. The first-order valence-corrected chi connectivity index (χ1v) is 7.64. The van der Waals surface area contributed by atoms with E-state index in [0.717, 1.165) is 18.5 Å². The van der Waals surface area contributed by atoms with Crippen molar-refractivity contribution in [2.75, 3.05) is 6.61 Å². The van der Waals surface area contributed by atoms with Crippen molar-refractivity contribution >= 4 is 5.97 Å². The van der Waals surface area contributed by atoms with Gasteiger partial charge in [-0.2, -0.15) is 0 Å². The maximum absolute atomic E-state index is 12.2. The van der Waals surface area contributed by atoms with Gasteiger partial charge in [0.2, 0.25) is 0 Å². The Hall–Kier alpha value is -1.64. The van der Waals surface area contributed by atoms with Crippen LogP contribution in [0.4, 0.5) is 0 Å². The third-order valence-corrected chi connectivity index (χ3v) is 4.23. The van der Waals surface area contributed by atoms with E-state index in [9.17, 15) is 4.79 Å². The van der Waals surface area contributed by atoms with E-state index in [0.29, 0.717) is 12.5 Å². The highest BCUT2D eigenvalue weighted by Gasteiger charge is 2.61. The lowest BCUT2D eigenvalue weighted by Gasteiger charge is -2.05. The number of aromatic nitrogens is 1. The van der Waals surface area contributed by atoms with Crippen LogP contribution in [0.15, 0.2) is 36.0 Å². The highest BCUT2D eigenvalue weighted by molar-refractivity contribution is 5.78. The van der Waals surface area contributed by atoms with Crippen molar-refractivity contribution in [3.8, 4) is 0 Å². The molecule has 2 rings (SSSR count). The fraction of sp³-hybridized carbons (Fsp3) is 0.556. The molecule has 1 aliphatic carbocycles. The second kappa shape index (κ2) is 6.42. The number of hydrogen-bond donors (Lipinski definition) is 0. The van der Waals surface area contributed by atoms with Gasteiger partial charge in [0.05, 0.1) is 12.5 Å². The molecule has 0 bridgehead atoms. The van der Waals surface area contributed by atoms with Crippen LogP contribution in [-0.4, -0.2) is 17.6 Å². The molecule has 0 amide bonds. The molecule has 1 aromatic rings. The molecule has 0 N–H and O–H groups in total. The average molecular weight is 287 g/mol. The third-order valence-electron chi connectivity index (χ3n) is 4.23. The van der Waals surface area contributed by atoms with Crippen LogP contribution in [0, 0.1) is 17.3 Å². The smallest absolute Gasteiger partial charge is 0.310 e. The molecular weight excluding hydrogens is 262 g/mol. The molecule has 1 fully saturated rings. The summed E-state index contributed by atoms with van der Waals surface area (Å²) in [4.78, 5) is 16.4. The van der Waals surface area contributed by atoms with Gasteiger partial charge in [-0.3, -0.25) is 9.78 Å². The predicted molar refractivity (Wildman–Crippen MR) is 83.7 cm³/mol. The van der Waals surface area contributed by atoms with Crippen LogP contribution >= 0.6 is 0 Å². The van der Waals surface area contributed by atoms with Gasteiger partial charge >= 0.3 is 5.97 Å². The Labute approximate surface area is 127 Å². The van der Waals surface area contributed by atoms with Gasteiger partial charge in [0.25, 0.3) is 0 Å². The van der Waals surface area contributed by atoms with Crippen LogP contribution in [0.3, 0.4) is 0 Å². The molecule has 114 valence electrons. The molecule has 1 heterocycles. The number of carbonyl (C=O) groups excluding carboxylic acids is 1. The number of carbonyl (C=O) groups is 1. The molecule has 0 aliphatic heterocycles. The van der Waals surface area contributed by atoms with E-state index in [-0.39, 0.29) is 17.3 Å². The standard InChI is InChI=1S/C18H25NO2/c1-13(2)12-15-16(18(15,3)4)17(20)21-11-7-9-14-8-5-6-10-19-14/h5-6,8,10,12,15-16H,7,9,11H2,1-4H3. The van der Waals surface area contributed by atoms with Gasteiger partial charge in [-0.05, 0) is 50.2 Å². The van der Waals surface area contributed by atoms with E-state index in [1.807, 2.05) is 18.2 Å². The lowest BCUT2D eigenvalue weighted by Crippen LogP contribution is -2.12. The van der Waals surface area contributed by atoms with Crippen molar-refractivity contribution in [1.29, 1.82) is 0 Å². The first-order valence-electron chi connectivity index (χ1n) is 7.64. The molecule has 21 heavy (non-hydrogen) atoms. The number of esters is 1. The van der Waals surface area contributed by atoms with Crippen LogP contribution in [0.25, 0.3) is 0 Å². The highest BCUT2D eigenvalue weighted by atomic mass is 16.5. The molecule has 0 saturated heterocycles. The largest absolute Gasteiger partial charge is 0.465 e. The molecule has 2 atom stereocenters. The quantitative estimate of drug-likeness (QED) is 0.454. The second-order valence-electron chi connectivity index (χ2n) is 6.66. The first-order chi connectivity index (χ1) is 9.93. The lowest BCUT2D eigenvalue weighted by molar-refractivity contribution is -0.146. The van der Waals surface area contributed by atoms with Gasteiger partial charge in [0.1, 0.15) is 0 Å². The zero-order valence-corrected chi connectivity index (χ0v) is 13.4. The van der Waals surface area contributed by atoms with Gasteiger partial charge in [0, 0.05) is 11.9 Å². The summed E-state index contributed by atoms with van der Waals surface area (Å²) >= 11 is 0. The Kier molecular flexibility index (Phi) is 4.81. The minimum absolute atomic E-state index is 0.0160. The summed E-state index contributed by atoms with van der Waals surface area (Å²) in [6, 6.07) is 5.88. The predicted octanol–water partition coefficient (Wildman–Crippen LogP) is 3.80. The summed E-state index contributed by atoms with van der Waals surface area (Å²) in [6.45, 7) is 8.89. The maximum atomic E-state index is 12.2. The molecule has 1 aromatic heterocycles. The van der Waals surface area contributed by atoms with Crippen LogP contribution in [0.1, 0.15) is 39.8 Å². The van der Waals surface area contributed by atoms with E-state index in [1.54, 1.807) is 6.20 Å². The van der Waals surface area contributed by atoms with E-state index in [4.69, 9.17) is 4.74 Å². The van der Waals surface area contributed by atoms with Crippen molar-refractivity contribution < 1.29 is 9.53 Å². The number of pyridine rings is 1. The van der Waals surface area contributed by atoms with Crippen molar-refractivity contribution in [2.24, 2.45) is 17.3 Å². The monoisotopic (exact) mass is 287 g/mol. The minimum atomic E-state index is -0.0523. The molecule has 0 aromatic carbocycles.